The number of benzene rings is 2. The molecule has 0 saturated carbocycles. The van der Waals surface area contributed by atoms with Crippen molar-refractivity contribution in [2.24, 2.45) is 0 Å². The first-order chi connectivity index (χ1) is 15.5. The summed E-state index contributed by atoms with van der Waals surface area (Å²) in [5.41, 5.74) is 3.92. The van der Waals surface area contributed by atoms with Crippen LogP contribution in [0.4, 0.5) is 5.69 Å². The van der Waals surface area contributed by atoms with Gasteiger partial charge in [-0.2, -0.15) is 0 Å². The average Bonchev–Trinajstić information content (AvgIpc) is 3.37. The number of hydrogen-bond donors (Lipinski definition) is 0. The molecule has 0 N–H and O–H groups in total. The summed E-state index contributed by atoms with van der Waals surface area (Å²) in [5, 5.41) is 0. The number of aromatic nitrogens is 1. The molecule has 2 heterocycles. The van der Waals surface area contributed by atoms with Gasteiger partial charge in [0.1, 0.15) is 6.26 Å². The third kappa shape index (κ3) is 4.25. The van der Waals surface area contributed by atoms with E-state index in [2.05, 4.69) is 4.98 Å². The van der Waals surface area contributed by atoms with Crippen LogP contribution in [0.2, 0.25) is 0 Å². The lowest BCUT2D eigenvalue weighted by molar-refractivity contribution is -0.107. The number of rotatable bonds is 8. The minimum Gasteiger partial charge on any atom is -0.462 e. The van der Waals surface area contributed by atoms with Gasteiger partial charge in [0.2, 0.25) is 12.3 Å². The number of esters is 1. The van der Waals surface area contributed by atoms with E-state index in [0.717, 1.165) is 23.2 Å². The van der Waals surface area contributed by atoms with Gasteiger partial charge in [-0.05, 0) is 49.7 Å². The molecule has 0 saturated heterocycles. The highest BCUT2D eigenvalue weighted by atomic mass is 16.5. The molecule has 0 unspecified atom stereocenters. The summed E-state index contributed by atoms with van der Waals surface area (Å²) >= 11 is 0. The highest BCUT2D eigenvalue weighted by molar-refractivity contribution is 6.01. The molecule has 32 heavy (non-hydrogen) atoms. The van der Waals surface area contributed by atoms with Gasteiger partial charge in [0.15, 0.2) is 0 Å². The van der Waals surface area contributed by atoms with E-state index < -0.39 is 5.97 Å². The molecular weight excluding hydrogens is 410 g/mol. The third-order valence-corrected chi connectivity index (χ3v) is 5.28. The van der Waals surface area contributed by atoms with Crippen molar-refractivity contribution in [1.82, 2.24) is 9.88 Å². The Balaban J connectivity index is 1.45. The van der Waals surface area contributed by atoms with E-state index in [9.17, 15) is 14.4 Å². The molecule has 0 radical (unpaired) electrons. The van der Waals surface area contributed by atoms with E-state index in [1.165, 1.54) is 0 Å². The molecule has 3 aromatic rings. The summed E-state index contributed by atoms with van der Waals surface area (Å²) in [6.45, 7) is 4.95. The molecule has 8 heteroatoms. The van der Waals surface area contributed by atoms with Crippen molar-refractivity contribution in [2.75, 3.05) is 24.6 Å². The predicted molar refractivity (Wildman–Crippen MR) is 117 cm³/mol. The standard InChI is InChI=1S/C24H23N3O5/c1-3-31-24(30)18-7-8-19-13-26(23(29)21(19)12-18)9-10-27(15-28)20-6-4-5-17(11-20)22-25-16(2)14-32-22/h4-8,11-12,14-15H,3,9-10,13H2,1-2H3. The summed E-state index contributed by atoms with van der Waals surface area (Å²) in [6, 6.07) is 12.4. The molecule has 0 bridgehead atoms. The molecule has 0 spiro atoms. The quantitative estimate of drug-likeness (QED) is 0.399. The van der Waals surface area contributed by atoms with Crippen molar-refractivity contribution < 1.29 is 23.5 Å². The zero-order valence-electron chi connectivity index (χ0n) is 17.9. The average molecular weight is 433 g/mol. The second kappa shape index (κ2) is 9.05. The Labute approximate surface area is 185 Å². The highest BCUT2D eigenvalue weighted by Crippen LogP contribution is 2.26. The maximum absolute atomic E-state index is 12.9. The topological polar surface area (TPSA) is 93.0 Å². The SMILES string of the molecule is CCOC(=O)c1ccc2c(c1)C(=O)N(CCN(C=O)c1cccc(-c3nc(C)co3)c1)C2. The summed E-state index contributed by atoms with van der Waals surface area (Å²) in [4.78, 5) is 44.1. The number of nitrogens with zero attached hydrogens (tertiary/aromatic N) is 3. The molecule has 0 fully saturated rings. The molecule has 164 valence electrons. The number of oxazole rings is 1. The summed E-state index contributed by atoms with van der Waals surface area (Å²) in [5.74, 6) is -0.131. The number of carbonyl (C=O) groups is 3. The Morgan fingerprint density at radius 1 is 1.28 bits per heavy atom. The minimum atomic E-state index is -0.449. The van der Waals surface area contributed by atoms with Gasteiger partial charge in [-0.15, -0.1) is 0 Å². The van der Waals surface area contributed by atoms with Gasteiger partial charge in [-0.25, -0.2) is 9.78 Å². The maximum atomic E-state index is 12.9. The third-order valence-electron chi connectivity index (χ3n) is 5.28. The van der Waals surface area contributed by atoms with Crippen LogP contribution in [-0.4, -0.2) is 47.9 Å². The van der Waals surface area contributed by atoms with Gasteiger partial charge in [-0.1, -0.05) is 12.1 Å². The van der Waals surface area contributed by atoms with Crippen molar-refractivity contribution in [3.8, 4) is 11.5 Å². The second-order valence-electron chi connectivity index (χ2n) is 7.46. The number of hydrogen-bond acceptors (Lipinski definition) is 6. The second-order valence-corrected chi connectivity index (χ2v) is 7.46. The van der Waals surface area contributed by atoms with Gasteiger partial charge in [0.05, 0.1) is 17.9 Å². The molecule has 8 nitrogen and oxygen atoms in total. The lowest BCUT2D eigenvalue weighted by Crippen LogP contribution is -2.34. The number of ether oxygens (including phenoxy) is 1. The largest absolute Gasteiger partial charge is 0.462 e. The summed E-state index contributed by atoms with van der Waals surface area (Å²) in [7, 11) is 0. The van der Waals surface area contributed by atoms with Gasteiger partial charge < -0.3 is 19.0 Å². The lowest BCUT2D eigenvalue weighted by atomic mass is 10.1. The van der Waals surface area contributed by atoms with Crippen LogP contribution in [0.25, 0.3) is 11.5 Å². The van der Waals surface area contributed by atoms with E-state index in [-0.39, 0.29) is 12.5 Å². The monoisotopic (exact) mass is 433 g/mol. The van der Waals surface area contributed by atoms with Crippen molar-refractivity contribution >= 4 is 24.0 Å². The van der Waals surface area contributed by atoms with Crippen LogP contribution >= 0.6 is 0 Å². The van der Waals surface area contributed by atoms with E-state index >= 15 is 0 Å². The molecule has 4 rings (SSSR count). The Morgan fingerprint density at radius 2 is 2.12 bits per heavy atom. The predicted octanol–water partition coefficient (Wildman–Crippen LogP) is 3.45. The van der Waals surface area contributed by atoms with E-state index in [4.69, 9.17) is 9.15 Å². The summed E-state index contributed by atoms with van der Waals surface area (Å²) in [6.07, 6.45) is 2.32. The first-order valence-electron chi connectivity index (χ1n) is 10.3. The Morgan fingerprint density at radius 3 is 2.84 bits per heavy atom. The van der Waals surface area contributed by atoms with Crippen molar-refractivity contribution in [3.63, 3.8) is 0 Å². The molecule has 1 aromatic heterocycles. The smallest absolute Gasteiger partial charge is 0.338 e. The van der Waals surface area contributed by atoms with Crippen LogP contribution in [-0.2, 0) is 16.1 Å². The highest BCUT2D eigenvalue weighted by Gasteiger charge is 2.28. The lowest BCUT2D eigenvalue weighted by Gasteiger charge is -2.22. The van der Waals surface area contributed by atoms with Crippen LogP contribution in [0.15, 0.2) is 53.1 Å². The molecule has 1 aliphatic rings. The van der Waals surface area contributed by atoms with Crippen molar-refractivity contribution in [1.29, 1.82) is 0 Å². The van der Waals surface area contributed by atoms with Gasteiger partial charge in [0.25, 0.3) is 5.91 Å². The number of amides is 2. The molecule has 0 atom stereocenters. The fourth-order valence-corrected chi connectivity index (χ4v) is 3.66. The zero-order valence-corrected chi connectivity index (χ0v) is 17.9. The Kier molecular flexibility index (Phi) is 6.02. The molecule has 0 aliphatic carbocycles. The van der Waals surface area contributed by atoms with Crippen LogP contribution in [0, 0.1) is 6.92 Å². The fraction of sp³-hybridized carbons (Fsp3) is 0.250. The number of aryl methyl sites for hydroxylation is 1. The first kappa shape index (κ1) is 21.3. The van der Waals surface area contributed by atoms with E-state index in [1.807, 2.05) is 31.2 Å². The summed E-state index contributed by atoms with van der Waals surface area (Å²) < 4.78 is 10.5. The fourth-order valence-electron chi connectivity index (χ4n) is 3.66. The molecule has 1 aliphatic heterocycles. The molecule has 2 aromatic carbocycles. The van der Waals surface area contributed by atoms with Crippen molar-refractivity contribution in [3.05, 3.63) is 71.1 Å². The number of anilines is 1. The molecule has 2 amide bonds. The van der Waals surface area contributed by atoms with Gasteiger partial charge in [0, 0.05) is 36.4 Å². The normalized spacial score (nSPS) is 12.6. The van der Waals surface area contributed by atoms with Crippen LogP contribution < -0.4 is 4.90 Å². The van der Waals surface area contributed by atoms with Crippen LogP contribution in [0.3, 0.4) is 0 Å². The Bertz CT molecular complexity index is 1170. The minimum absolute atomic E-state index is 0.166. The van der Waals surface area contributed by atoms with E-state index in [1.54, 1.807) is 41.2 Å². The maximum Gasteiger partial charge on any atom is 0.338 e. The number of fused-ring (bicyclic) bond motifs is 1. The first-order valence-corrected chi connectivity index (χ1v) is 10.3. The number of carbonyl (C=O) groups excluding carboxylic acids is 3. The van der Waals surface area contributed by atoms with Crippen molar-refractivity contribution in [2.45, 2.75) is 20.4 Å². The van der Waals surface area contributed by atoms with Crippen LogP contribution in [0.5, 0.6) is 0 Å². The van der Waals surface area contributed by atoms with Gasteiger partial charge in [-0.3, -0.25) is 9.59 Å². The zero-order chi connectivity index (χ0) is 22.7. The van der Waals surface area contributed by atoms with E-state index in [0.29, 0.717) is 42.3 Å². The molecular formula is C24H23N3O5. The Hall–Kier alpha value is -3.94. The van der Waals surface area contributed by atoms with Gasteiger partial charge >= 0.3 is 5.97 Å². The van der Waals surface area contributed by atoms with Crippen LogP contribution in [0.1, 0.15) is 38.9 Å².